The van der Waals surface area contributed by atoms with Crippen molar-refractivity contribution in [3.8, 4) is 11.4 Å². The molecule has 18 heavy (non-hydrogen) atoms. The van der Waals surface area contributed by atoms with Crippen molar-refractivity contribution in [1.82, 2.24) is 9.97 Å². The van der Waals surface area contributed by atoms with Crippen molar-refractivity contribution in [2.45, 2.75) is 25.7 Å². The molecule has 1 aliphatic rings. The molecule has 1 aromatic heterocycles. The summed E-state index contributed by atoms with van der Waals surface area (Å²) < 4.78 is 0. The van der Waals surface area contributed by atoms with Gasteiger partial charge in [0.1, 0.15) is 5.82 Å². The van der Waals surface area contributed by atoms with Crippen LogP contribution in [0.1, 0.15) is 30.0 Å². The van der Waals surface area contributed by atoms with Gasteiger partial charge < -0.3 is 5.73 Å². The minimum absolute atomic E-state index is 0.538. The van der Waals surface area contributed by atoms with E-state index in [9.17, 15) is 0 Å². The van der Waals surface area contributed by atoms with Crippen LogP contribution in [0, 0.1) is 6.92 Å². The van der Waals surface area contributed by atoms with Gasteiger partial charge in [-0.3, -0.25) is 0 Å². The van der Waals surface area contributed by atoms with Gasteiger partial charge in [-0.2, -0.15) is 0 Å². The summed E-state index contributed by atoms with van der Waals surface area (Å²) >= 11 is 5.96. The van der Waals surface area contributed by atoms with Crippen LogP contribution in [0.5, 0.6) is 0 Å². The molecule has 2 N–H and O–H groups in total. The van der Waals surface area contributed by atoms with E-state index in [1.165, 1.54) is 12.8 Å². The summed E-state index contributed by atoms with van der Waals surface area (Å²) in [5.74, 6) is 1.81. The number of nitrogen functional groups attached to an aromatic ring is 1. The number of nitrogens with zero attached hydrogens (tertiary/aromatic N) is 2. The first-order chi connectivity index (χ1) is 8.63. The maximum Gasteiger partial charge on any atom is 0.162 e. The summed E-state index contributed by atoms with van der Waals surface area (Å²) in [6.45, 7) is 2.00. The minimum atomic E-state index is 0.538. The highest BCUT2D eigenvalue weighted by Gasteiger charge is 2.26. The van der Waals surface area contributed by atoms with Crippen LogP contribution < -0.4 is 5.73 Å². The van der Waals surface area contributed by atoms with Gasteiger partial charge in [-0.05, 0) is 43.5 Å². The highest BCUT2D eigenvalue weighted by atomic mass is 35.5. The van der Waals surface area contributed by atoms with Crippen molar-refractivity contribution in [3.63, 3.8) is 0 Å². The van der Waals surface area contributed by atoms with Gasteiger partial charge in [0.2, 0.25) is 0 Å². The molecule has 0 bridgehead atoms. The summed E-state index contributed by atoms with van der Waals surface area (Å²) in [6.07, 6.45) is 2.41. The first kappa shape index (κ1) is 11.5. The summed E-state index contributed by atoms with van der Waals surface area (Å²) in [6, 6.07) is 7.60. The van der Waals surface area contributed by atoms with E-state index in [1.54, 1.807) is 0 Å². The van der Waals surface area contributed by atoms with Crippen LogP contribution >= 0.6 is 11.6 Å². The average molecular weight is 260 g/mol. The quantitative estimate of drug-likeness (QED) is 0.897. The number of aryl methyl sites for hydroxylation is 1. The zero-order valence-electron chi connectivity index (χ0n) is 10.2. The number of halogens is 1. The topological polar surface area (TPSA) is 51.8 Å². The highest BCUT2D eigenvalue weighted by Crippen LogP contribution is 2.40. The third-order valence-corrected chi connectivity index (χ3v) is 3.43. The van der Waals surface area contributed by atoms with Gasteiger partial charge in [0.15, 0.2) is 5.82 Å². The Morgan fingerprint density at radius 1 is 1.22 bits per heavy atom. The van der Waals surface area contributed by atoms with E-state index in [0.717, 1.165) is 21.8 Å². The third-order valence-electron chi connectivity index (χ3n) is 3.19. The zero-order valence-corrected chi connectivity index (χ0v) is 10.9. The fraction of sp³-hybridized carbons (Fsp3) is 0.286. The molecule has 3 rings (SSSR count). The van der Waals surface area contributed by atoms with Crippen LogP contribution in [0.2, 0.25) is 5.02 Å². The molecular weight excluding hydrogens is 246 g/mol. The van der Waals surface area contributed by atoms with Crippen LogP contribution in [0.15, 0.2) is 24.3 Å². The van der Waals surface area contributed by atoms with Crippen molar-refractivity contribution in [2.24, 2.45) is 0 Å². The Kier molecular flexibility index (Phi) is 2.71. The molecule has 92 valence electrons. The smallest absolute Gasteiger partial charge is 0.162 e. The van der Waals surface area contributed by atoms with E-state index >= 15 is 0 Å². The SMILES string of the molecule is Cc1cc(Cl)ccc1-c1nc(N)cc(C2CC2)n1. The Hall–Kier alpha value is -1.61. The third kappa shape index (κ3) is 2.18. The van der Waals surface area contributed by atoms with E-state index < -0.39 is 0 Å². The van der Waals surface area contributed by atoms with Gasteiger partial charge in [-0.1, -0.05) is 11.6 Å². The molecule has 0 spiro atoms. The molecule has 1 saturated carbocycles. The largest absolute Gasteiger partial charge is 0.384 e. The Labute approximate surface area is 111 Å². The normalized spacial score (nSPS) is 14.8. The molecule has 2 aromatic rings. The van der Waals surface area contributed by atoms with Crippen LogP contribution in [0.25, 0.3) is 11.4 Å². The summed E-state index contributed by atoms with van der Waals surface area (Å²) in [4.78, 5) is 8.95. The van der Waals surface area contributed by atoms with Gasteiger partial charge >= 0.3 is 0 Å². The number of nitrogens with two attached hydrogens (primary N) is 1. The lowest BCUT2D eigenvalue weighted by Gasteiger charge is -2.08. The van der Waals surface area contributed by atoms with Gasteiger partial charge in [-0.15, -0.1) is 0 Å². The lowest BCUT2D eigenvalue weighted by molar-refractivity contribution is 0.997. The fourth-order valence-electron chi connectivity index (χ4n) is 2.07. The van der Waals surface area contributed by atoms with Gasteiger partial charge in [-0.25, -0.2) is 9.97 Å². The lowest BCUT2D eigenvalue weighted by atomic mass is 10.1. The van der Waals surface area contributed by atoms with Gasteiger partial charge in [0.25, 0.3) is 0 Å². The Morgan fingerprint density at radius 3 is 2.67 bits per heavy atom. The van der Waals surface area contributed by atoms with Crippen LogP contribution in [0.3, 0.4) is 0 Å². The second-order valence-corrected chi connectivity index (χ2v) is 5.21. The molecule has 0 radical (unpaired) electrons. The first-order valence-corrected chi connectivity index (χ1v) is 6.42. The molecule has 0 aliphatic heterocycles. The van der Waals surface area contributed by atoms with Gasteiger partial charge in [0, 0.05) is 28.3 Å². The van der Waals surface area contributed by atoms with Crippen molar-refractivity contribution >= 4 is 17.4 Å². The van der Waals surface area contributed by atoms with Crippen molar-refractivity contribution in [1.29, 1.82) is 0 Å². The molecular formula is C14H14ClN3. The number of rotatable bonds is 2. The molecule has 1 fully saturated rings. The molecule has 1 aromatic carbocycles. The molecule has 0 unspecified atom stereocenters. The number of hydrogen-bond donors (Lipinski definition) is 1. The summed E-state index contributed by atoms with van der Waals surface area (Å²) in [5.41, 5.74) is 8.99. The van der Waals surface area contributed by atoms with E-state index in [-0.39, 0.29) is 0 Å². The number of benzene rings is 1. The number of aromatic nitrogens is 2. The van der Waals surface area contributed by atoms with Crippen LogP contribution in [-0.4, -0.2) is 9.97 Å². The van der Waals surface area contributed by atoms with Crippen molar-refractivity contribution < 1.29 is 0 Å². The summed E-state index contributed by atoms with van der Waals surface area (Å²) in [7, 11) is 0. The van der Waals surface area contributed by atoms with E-state index in [0.29, 0.717) is 17.6 Å². The second-order valence-electron chi connectivity index (χ2n) is 4.77. The Morgan fingerprint density at radius 2 is 2.00 bits per heavy atom. The number of hydrogen-bond acceptors (Lipinski definition) is 3. The molecule has 1 aliphatic carbocycles. The highest BCUT2D eigenvalue weighted by molar-refractivity contribution is 6.30. The Balaban J connectivity index is 2.10. The number of anilines is 1. The predicted molar refractivity (Wildman–Crippen MR) is 73.6 cm³/mol. The fourth-order valence-corrected chi connectivity index (χ4v) is 2.30. The maximum absolute atomic E-state index is 5.96. The molecule has 1 heterocycles. The molecule has 0 amide bonds. The van der Waals surface area contributed by atoms with Gasteiger partial charge in [0.05, 0.1) is 0 Å². The Bertz CT molecular complexity index is 606. The van der Waals surface area contributed by atoms with E-state index in [1.807, 2.05) is 31.2 Å². The maximum atomic E-state index is 5.96. The molecule has 0 atom stereocenters. The predicted octanol–water partition coefficient (Wildman–Crippen LogP) is 3.57. The van der Waals surface area contributed by atoms with Crippen LogP contribution in [-0.2, 0) is 0 Å². The molecule has 3 nitrogen and oxygen atoms in total. The van der Waals surface area contributed by atoms with E-state index in [4.69, 9.17) is 17.3 Å². The minimum Gasteiger partial charge on any atom is -0.384 e. The summed E-state index contributed by atoms with van der Waals surface area (Å²) in [5, 5.41) is 0.725. The van der Waals surface area contributed by atoms with Crippen LogP contribution in [0.4, 0.5) is 5.82 Å². The van der Waals surface area contributed by atoms with Crippen molar-refractivity contribution in [2.75, 3.05) is 5.73 Å². The first-order valence-electron chi connectivity index (χ1n) is 6.04. The molecule has 0 saturated heterocycles. The standard InChI is InChI=1S/C14H14ClN3/c1-8-6-10(15)4-5-11(8)14-17-12(9-2-3-9)7-13(16)18-14/h4-7,9H,2-3H2,1H3,(H2,16,17,18). The molecule has 4 heteroatoms. The zero-order chi connectivity index (χ0) is 12.7. The second kappa shape index (κ2) is 4.25. The monoisotopic (exact) mass is 259 g/mol. The van der Waals surface area contributed by atoms with Crippen molar-refractivity contribution in [3.05, 3.63) is 40.5 Å². The van der Waals surface area contributed by atoms with E-state index in [2.05, 4.69) is 9.97 Å². The average Bonchev–Trinajstić information content (AvgIpc) is 3.11. The lowest BCUT2D eigenvalue weighted by Crippen LogP contribution is -2.00.